The number of carbonyl (C=O) groups excluding carboxylic acids is 1. The molecule has 1 aliphatic rings. The van der Waals surface area contributed by atoms with Crippen molar-refractivity contribution >= 4 is 17.9 Å². The standard InChI is InChI=1S/C30H38O/c1-8-21-17-24(19-22-9-13-26(14-10-22)29(2,3)4)28(31)25(18-21)20-23-11-15-27(16-12-23)30(5,6)7/h9-16,19-21H,8,17-18H2,1-7H3/b24-19+,25-20+. The van der Waals surface area contributed by atoms with E-state index >= 15 is 0 Å². The summed E-state index contributed by atoms with van der Waals surface area (Å²) in [5.74, 6) is 0.738. The smallest absolute Gasteiger partial charge is 0.185 e. The minimum absolute atomic E-state index is 0.137. The molecule has 164 valence electrons. The molecular formula is C30H38O. The highest BCUT2D eigenvalue weighted by Gasteiger charge is 2.27. The first-order chi connectivity index (χ1) is 14.5. The van der Waals surface area contributed by atoms with Crippen molar-refractivity contribution in [2.45, 2.75) is 78.6 Å². The van der Waals surface area contributed by atoms with Crippen molar-refractivity contribution in [1.82, 2.24) is 0 Å². The molecule has 1 aliphatic carbocycles. The van der Waals surface area contributed by atoms with Crippen LogP contribution in [-0.4, -0.2) is 5.78 Å². The Morgan fingerprint density at radius 1 is 0.710 bits per heavy atom. The van der Waals surface area contributed by atoms with Crippen LogP contribution >= 0.6 is 0 Å². The quantitative estimate of drug-likeness (QED) is 0.463. The van der Waals surface area contributed by atoms with Gasteiger partial charge in [0, 0.05) is 11.1 Å². The summed E-state index contributed by atoms with van der Waals surface area (Å²) in [6, 6.07) is 17.3. The summed E-state index contributed by atoms with van der Waals surface area (Å²) in [5.41, 5.74) is 7.02. The molecule has 1 heteroatoms. The van der Waals surface area contributed by atoms with Crippen molar-refractivity contribution in [2.75, 3.05) is 0 Å². The molecule has 0 radical (unpaired) electrons. The maximum absolute atomic E-state index is 13.3. The van der Waals surface area contributed by atoms with E-state index in [2.05, 4.69) is 109 Å². The minimum Gasteiger partial charge on any atom is -0.289 e. The van der Waals surface area contributed by atoms with Gasteiger partial charge in [0.15, 0.2) is 5.78 Å². The molecule has 0 amide bonds. The third-order valence-corrected chi connectivity index (χ3v) is 6.41. The maximum Gasteiger partial charge on any atom is 0.185 e. The van der Waals surface area contributed by atoms with Crippen LogP contribution in [0.1, 0.15) is 90.0 Å². The first kappa shape index (κ1) is 23.3. The van der Waals surface area contributed by atoms with E-state index in [1.807, 2.05) is 0 Å². The van der Waals surface area contributed by atoms with Gasteiger partial charge in [-0.15, -0.1) is 0 Å². The summed E-state index contributed by atoms with van der Waals surface area (Å²) < 4.78 is 0. The molecule has 0 aliphatic heterocycles. The van der Waals surface area contributed by atoms with E-state index in [-0.39, 0.29) is 16.6 Å². The zero-order valence-corrected chi connectivity index (χ0v) is 20.4. The molecule has 0 atom stereocenters. The number of Topliss-reactive ketones (excluding diaryl/α,β-unsaturated/α-hetero) is 1. The second-order valence-corrected chi connectivity index (χ2v) is 11.1. The van der Waals surface area contributed by atoms with Gasteiger partial charge in [0.2, 0.25) is 0 Å². The molecule has 1 saturated carbocycles. The number of ketones is 1. The Labute approximate surface area is 189 Å². The summed E-state index contributed by atoms with van der Waals surface area (Å²) in [6.07, 6.45) is 7.04. The summed E-state index contributed by atoms with van der Waals surface area (Å²) in [6.45, 7) is 15.6. The Balaban J connectivity index is 1.89. The minimum atomic E-state index is 0.137. The lowest BCUT2D eigenvalue weighted by molar-refractivity contribution is -0.113. The van der Waals surface area contributed by atoms with Crippen molar-refractivity contribution in [3.63, 3.8) is 0 Å². The van der Waals surface area contributed by atoms with Gasteiger partial charge in [-0.2, -0.15) is 0 Å². The maximum atomic E-state index is 13.3. The van der Waals surface area contributed by atoms with Crippen LogP contribution in [0.5, 0.6) is 0 Å². The molecule has 0 saturated heterocycles. The van der Waals surface area contributed by atoms with Crippen LogP contribution in [0.4, 0.5) is 0 Å². The van der Waals surface area contributed by atoms with Gasteiger partial charge in [-0.3, -0.25) is 4.79 Å². The Hall–Kier alpha value is -2.41. The molecule has 1 fully saturated rings. The molecule has 0 aromatic heterocycles. The Bertz CT molecular complexity index is 891. The van der Waals surface area contributed by atoms with E-state index in [1.54, 1.807) is 0 Å². The second kappa shape index (κ2) is 8.99. The number of hydrogen-bond donors (Lipinski definition) is 0. The van der Waals surface area contributed by atoms with Crippen molar-refractivity contribution < 1.29 is 4.79 Å². The van der Waals surface area contributed by atoms with E-state index in [0.29, 0.717) is 5.92 Å². The summed E-state index contributed by atoms with van der Waals surface area (Å²) in [4.78, 5) is 13.3. The van der Waals surface area contributed by atoms with E-state index in [1.165, 1.54) is 11.1 Å². The monoisotopic (exact) mass is 414 g/mol. The van der Waals surface area contributed by atoms with Gasteiger partial charge >= 0.3 is 0 Å². The van der Waals surface area contributed by atoms with Gasteiger partial charge < -0.3 is 0 Å². The van der Waals surface area contributed by atoms with Crippen molar-refractivity contribution in [1.29, 1.82) is 0 Å². The molecule has 1 nitrogen and oxygen atoms in total. The number of carbonyl (C=O) groups is 1. The number of allylic oxidation sites excluding steroid dienone is 2. The lowest BCUT2D eigenvalue weighted by Crippen LogP contribution is -2.19. The van der Waals surface area contributed by atoms with E-state index in [4.69, 9.17) is 0 Å². The molecule has 0 spiro atoms. The molecule has 31 heavy (non-hydrogen) atoms. The highest BCUT2D eigenvalue weighted by Crippen LogP contribution is 2.34. The number of hydrogen-bond acceptors (Lipinski definition) is 1. The van der Waals surface area contributed by atoms with Crippen LogP contribution in [-0.2, 0) is 15.6 Å². The van der Waals surface area contributed by atoms with Gasteiger partial charge in [0.25, 0.3) is 0 Å². The third-order valence-electron chi connectivity index (χ3n) is 6.41. The summed E-state index contributed by atoms with van der Waals surface area (Å²) in [5, 5.41) is 0. The first-order valence-electron chi connectivity index (χ1n) is 11.6. The molecular weight excluding hydrogens is 376 g/mol. The molecule has 0 bridgehead atoms. The van der Waals surface area contributed by atoms with Crippen LogP contribution < -0.4 is 0 Å². The average molecular weight is 415 g/mol. The zero-order valence-electron chi connectivity index (χ0n) is 20.4. The van der Waals surface area contributed by atoms with Gasteiger partial charge in [-0.1, -0.05) is 103 Å². The number of benzene rings is 2. The molecule has 0 N–H and O–H groups in total. The van der Waals surface area contributed by atoms with Gasteiger partial charge in [-0.05, 0) is 64.0 Å². The van der Waals surface area contributed by atoms with Gasteiger partial charge in [0.1, 0.15) is 0 Å². The predicted molar refractivity (Wildman–Crippen MR) is 134 cm³/mol. The lowest BCUT2D eigenvalue weighted by atomic mass is 9.78. The zero-order chi connectivity index (χ0) is 22.8. The van der Waals surface area contributed by atoms with E-state index in [9.17, 15) is 4.79 Å². The van der Waals surface area contributed by atoms with Crippen LogP contribution in [0, 0.1) is 5.92 Å². The van der Waals surface area contributed by atoms with Crippen LogP contribution in [0.25, 0.3) is 12.2 Å². The van der Waals surface area contributed by atoms with Crippen LogP contribution in [0.2, 0.25) is 0 Å². The Kier molecular flexibility index (Phi) is 6.74. The van der Waals surface area contributed by atoms with Crippen LogP contribution in [0.3, 0.4) is 0 Å². The van der Waals surface area contributed by atoms with E-state index in [0.717, 1.165) is 41.5 Å². The van der Waals surface area contributed by atoms with Gasteiger partial charge in [-0.25, -0.2) is 0 Å². The Morgan fingerprint density at radius 2 is 1.06 bits per heavy atom. The fourth-order valence-electron chi connectivity index (χ4n) is 4.18. The summed E-state index contributed by atoms with van der Waals surface area (Å²) in [7, 11) is 0. The predicted octanol–water partition coefficient (Wildman–Crippen LogP) is 8.14. The highest BCUT2D eigenvalue weighted by molar-refractivity contribution is 6.14. The fourth-order valence-corrected chi connectivity index (χ4v) is 4.18. The van der Waals surface area contributed by atoms with E-state index < -0.39 is 0 Å². The molecule has 2 aromatic carbocycles. The van der Waals surface area contributed by atoms with Crippen molar-refractivity contribution in [3.05, 3.63) is 81.9 Å². The highest BCUT2D eigenvalue weighted by atomic mass is 16.1. The van der Waals surface area contributed by atoms with Crippen molar-refractivity contribution in [2.24, 2.45) is 5.92 Å². The average Bonchev–Trinajstić information content (AvgIpc) is 2.70. The lowest BCUT2D eigenvalue weighted by Gasteiger charge is -2.25. The molecule has 3 rings (SSSR count). The molecule has 0 heterocycles. The number of rotatable bonds is 3. The topological polar surface area (TPSA) is 17.1 Å². The Morgan fingerprint density at radius 3 is 1.35 bits per heavy atom. The molecule has 2 aromatic rings. The molecule has 0 unspecified atom stereocenters. The fraction of sp³-hybridized carbons (Fsp3) is 0.433. The van der Waals surface area contributed by atoms with Crippen LogP contribution in [0.15, 0.2) is 59.7 Å². The third kappa shape index (κ3) is 5.85. The van der Waals surface area contributed by atoms with Gasteiger partial charge in [0.05, 0.1) is 0 Å². The summed E-state index contributed by atoms with van der Waals surface area (Å²) >= 11 is 0. The largest absolute Gasteiger partial charge is 0.289 e. The normalized spacial score (nSPS) is 20.5. The first-order valence-corrected chi connectivity index (χ1v) is 11.6. The second-order valence-electron chi connectivity index (χ2n) is 11.1. The van der Waals surface area contributed by atoms with Crippen molar-refractivity contribution in [3.8, 4) is 0 Å². The SMILES string of the molecule is CCC1C/C(=C\c2ccc(C(C)(C)C)cc2)C(=O)/C(=C/c2ccc(C(C)(C)C)cc2)C1.